The molecule has 1 heterocycles. The van der Waals surface area contributed by atoms with Crippen molar-refractivity contribution in [2.24, 2.45) is 0 Å². The van der Waals surface area contributed by atoms with Crippen molar-refractivity contribution in [3.63, 3.8) is 0 Å². The van der Waals surface area contributed by atoms with Gasteiger partial charge in [0.2, 0.25) is 5.91 Å². The average molecular weight is 537 g/mol. The number of phenols is 1. The van der Waals surface area contributed by atoms with Crippen molar-refractivity contribution in [2.75, 3.05) is 5.88 Å². The van der Waals surface area contributed by atoms with E-state index in [9.17, 15) is 29.9 Å². The van der Waals surface area contributed by atoms with Gasteiger partial charge in [0.15, 0.2) is 6.10 Å². The standard InChI is InChI=1S/C28H32N4O5S/c1-17-19(10-7-11-21(17)33)24(35)30-20(14-18-8-5-4-6-9-18)22(34)26(37)32-16-38-27(2,3)23(32)25(36)31-28(15-29)12-13-28/h4-11,20,22-23,33-34H,12-14,16H2,1-3H3,(H,30,35)(H,31,36). The number of aliphatic hydroxyl groups is 1. The topological polar surface area (TPSA) is 143 Å². The average Bonchev–Trinajstić information content (AvgIpc) is 3.58. The summed E-state index contributed by atoms with van der Waals surface area (Å²) in [5.74, 6) is -1.51. The molecule has 1 saturated heterocycles. The molecule has 1 saturated carbocycles. The van der Waals surface area contributed by atoms with Crippen LogP contribution in [0, 0.1) is 18.3 Å². The summed E-state index contributed by atoms with van der Waals surface area (Å²) in [5, 5.41) is 36.4. The Morgan fingerprint density at radius 3 is 2.47 bits per heavy atom. The molecule has 2 fully saturated rings. The third-order valence-corrected chi connectivity index (χ3v) is 8.58. The van der Waals surface area contributed by atoms with Gasteiger partial charge in [-0.3, -0.25) is 14.4 Å². The van der Waals surface area contributed by atoms with Crippen LogP contribution < -0.4 is 10.6 Å². The molecule has 10 heteroatoms. The van der Waals surface area contributed by atoms with E-state index in [1.165, 1.54) is 22.7 Å². The van der Waals surface area contributed by atoms with E-state index in [1.54, 1.807) is 19.1 Å². The summed E-state index contributed by atoms with van der Waals surface area (Å²) in [4.78, 5) is 41.5. The van der Waals surface area contributed by atoms with Gasteiger partial charge in [0.05, 0.1) is 18.0 Å². The summed E-state index contributed by atoms with van der Waals surface area (Å²) < 4.78 is -0.651. The molecule has 9 nitrogen and oxygen atoms in total. The Hall–Kier alpha value is -3.55. The SMILES string of the molecule is Cc1c(O)cccc1C(=O)NC(Cc1ccccc1)C(O)C(=O)N1CSC(C)(C)C1C(=O)NC1(C#N)CC1. The van der Waals surface area contributed by atoms with Crippen molar-refractivity contribution in [3.8, 4) is 11.8 Å². The monoisotopic (exact) mass is 536 g/mol. The van der Waals surface area contributed by atoms with E-state index in [1.807, 2.05) is 44.2 Å². The number of benzene rings is 2. The van der Waals surface area contributed by atoms with Gasteiger partial charge in [-0.2, -0.15) is 5.26 Å². The van der Waals surface area contributed by atoms with Gasteiger partial charge in [-0.25, -0.2) is 0 Å². The number of carbonyl (C=O) groups is 3. The summed E-state index contributed by atoms with van der Waals surface area (Å²) >= 11 is 1.41. The first-order valence-electron chi connectivity index (χ1n) is 12.5. The molecule has 2 aromatic carbocycles. The molecule has 0 bridgehead atoms. The van der Waals surface area contributed by atoms with Crippen LogP contribution in [-0.4, -0.2) is 67.2 Å². The molecular weight excluding hydrogens is 504 g/mol. The lowest BCUT2D eigenvalue weighted by Gasteiger charge is -2.33. The largest absolute Gasteiger partial charge is 0.508 e. The summed E-state index contributed by atoms with van der Waals surface area (Å²) in [5.41, 5.74) is 0.512. The maximum Gasteiger partial charge on any atom is 0.254 e. The lowest BCUT2D eigenvalue weighted by Crippen LogP contribution is -2.59. The number of rotatable bonds is 8. The van der Waals surface area contributed by atoms with Gasteiger partial charge in [-0.15, -0.1) is 11.8 Å². The lowest BCUT2D eigenvalue weighted by molar-refractivity contribution is -0.147. The van der Waals surface area contributed by atoms with Gasteiger partial charge in [0.1, 0.15) is 17.3 Å². The summed E-state index contributed by atoms with van der Waals surface area (Å²) in [6, 6.07) is 14.0. The number of hydrogen-bond donors (Lipinski definition) is 4. The van der Waals surface area contributed by atoms with Crippen molar-refractivity contribution in [1.82, 2.24) is 15.5 Å². The fourth-order valence-electron chi connectivity index (χ4n) is 4.67. The highest BCUT2D eigenvalue weighted by atomic mass is 32.2. The Morgan fingerprint density at radius 1 is 1.16 bits per heavy atom. The van der Waals surface area contributed by atoms with Crippen molar-refractivity contribution >= 4 is 29.5 Å². The molecule has 3 atom stereocenters. The Bertz CT molecular complexity index is 1270. The molecule has 4 rings (SSSR count). The number of aliphatic hydroxyl groups excluding tert-OH is 1. The Morgan fingerprint density at radius 2 is 1.84 bits per heavy atom. The molecule has 1 aliphatic carbocycles. The van der Waals surface area contributed by atoms with Crippen LogP contribution in [0.25, 0.3) is 0 Å². The predicted octanol–water partition coefficient (Wildman–Crippen LogP) is 2.26. The summed E-state index contributed by atoms with van der Waals surface area (Å²) in [7, 11) is 0. The zero-order chi connectivity index (χ0) is 27.7. The molecule has 3 amide bonds. The van der Waals surface area contributed by atoms with Crippen LogP contribution in [0.15, 0.2) is 48.5 Å². The zero-order valence-corrected chi connectivity index (χ0v) is 22.4. The van der Waals surface area contributed by atoms with Crippen LogP contribution in [0.5, 0.6) is 5.75 Å². The maximum atomic E-state index is 13.7. The number of phenolic OH excluding ortho intramolecular Hbond substituents is 1. The molecular formula is C28H32N4O5S. The second-order valence-electron chi connectivity index (χ2n) is 10.4. The first-order valence-corrected chi connectivity index (χ1v) is 13.5. The molecule has 0 spiro atoms. The smallest absolute Gasteiger partial charge is 0.254 e. The van der Waals surface area contributed by atoms with Crippen molar-refractivity contribution in [3.05, 3.63) is 65.2 Å². The van der Waals surface area contributed by atoms with Crippen LogP contribution in [0.3, 0.4) is 0 Å². The number of nitriles is 1. The van der Waals surface area contributed by atoms with Crippen molar-refractivity contribution in [1.29, 1.82) is 5.26 Å². The molecule has 1 aliphatic heterocycles. The number of nitrogens with zero attached hydrogens (tertiary/aromatic N) is 2. The van der Waals surface area contributed by atoms with Crippen LogP contribution in [0.4, 0.5) is 0 Å². The second kappa shape index (κ2) is 10.7. The normalized spacial score (nSPS) is 20.6. The van der Waals surface area contributed by atoms with E-state index in [0.29, 0.717) is 18.4 Å². The first kappa shape index (κ1) is 27.5. The lowest BCUT2D eigenvalue weighted by atomic mass is 9.96. The van der Waals surface area contributed by atoms with Crippen molar-refractivity contribution in [2.45, 2.75) is 68.5 Å². The summed E-state index contributed by atoms with van der Waals surface area (Å²) in [6.45, 7) is 5.31. The van der Waals surface area contributed by atoms with Crippen LogP contribution in [-0.2, 0) is 16.0 Å². The minimum Gasteiger partial charge on any atom is -0.508 e. The Balaban J connectivity index is 1.59. The number of carbonyl (C=O) groups excluding carboxylic acids is 3. The van der Waals surface area contributed by atoms with E-state index in [0.717, 1.165) is 5.56 Å². The molecule has 2 aromatic rings. The molecule has 0 aromatic heterocycles. The first-order chi connectivity index (χ1) is 18.0. The fourth-order valence-corrected chi connectivity index (χ4v) is 5.81. The number of thioether (sulfide) groups is 1. The highest BCUT2D eigenvalue weighted by Crippen LogP contribution is 2.41. The van der Waals surface area contributed by atoms with E-state index in [4.69, 9.17) is 0 Å². The van der Waals surface area contributed by atoms with Crippen LogP contribution >= 0.6 is 11.8 Å². The van der Waals surface area contributed by atoms with Crippen LogP contribution in [0.1, 0.15) is 48.2 Å². The maximum absolute atomic E-state index is 13.7. The van der Waals surface area contributed by atoms with E-state index >= 15 is 0 Å². The van der Waals surface area contributed by atoms with Gasteiger partial charge in [-0.05, 0) is 57.7 Å². The summed E-state index contributed by atoms with van der Waals surface area (Å²) in [6.07, 6.45) is -0.361. The highest BCUT2D eigenvalue weighted by molar-refractivity contribution is 8.00. The highest BCUT2D eigenvalue weighted by Gasteiger charge is 2.53. The van der Waals surface area contributed by atoms with E-state index < -0.39 is 46.2 Å². The van der Waals surface area contributed by atoms with Gasteiger partial charge >= 0.3 is 0 Å². The third kappa shape index (κ3) is 5.64. The molecule has 200 valence electrons. The van der Waals surface area contributed by atoms with E-state index in [2.05, 4.69) is 16.7 Å². The number of hydrogen-bond acceptors (Lipinski definition) is 7. The van der Waals surface area contributed by atoms with Gasteiger partial charge in [0.25, 0.3) is 11.8 Å². The van der Waals surface area contributed by atoms with Gasteiger partial charge < -0.3 is 25.7 Å². The number of nitrogens with one attached hydrogen (secondary N) is 2. The molecule has 2 aliphatic rings. The van der Waals surface area contributed by atoms with Gasteiger partial charge in [-0.1, -0.05) is 36.4 Å². The van der Waals surface area contributed by atoms with Crippen LogP contribution in [0.2, 0.25) is 0 Å². The Labute approximate surface area is 226 Å². The zero-order valence-electron chi connectivity index (χ0n) is 21.6. The Kier molecular flexibility index (Phi) is 7.72. The fraction of sp³-hybridized carbons (Fsp3) is 0.429. The number of amides is 3. The second-order valence-corrected chi connectivity index (χ2v) is 12.0. The molecule has 3 unspecified atom stereocenters. The molecule has 4 N–H and O–H groups in total. The predicted molar refractivity (Wildman–Crippen MR) is 143 cm³/mol. The minimum atomic E-state index is -1.65. The van der Waals surface area contributed by atoms with Gasteiger partial charge in [0, 0.05) is 15.9 Å². The quantitative estimate of drug-likeness (QED) is 0.405. The van der Waals surface area contributed by atoms with E-state index in [-0.39, 0.29) is 23.6 Å². The number of aromatic hydroxyl groups is 1. The minimum absolute atomic E-state index is 0.0372. The third-order valence-electron chi connectivity index (χ3n) is 7.20. The van der Waals surface area contributed by atoms with Crippen molar-refractivity contribution < 1.29 is 24.6 Å². The molecule has 38 heavy (non-hydrogen) atoms. The molecule has 0 radical (unpaired) electrons.